The normalized spacial score (nSPS) is 11.1. The summed E-state index contributed by atoms with van der Waals surface area (Å²) >= 11 is 1.19. The van der Waals surface area contributed by atoms with Crippen LogP contribution in [0.2, 0.25) is 0 Å². The number of hydrogen-bond acceptors (Lipinski definition) is 9. The monoisotopic (exact) mass is 562 g/mol. The third kappa shape index (κ3) is 8.15. The lowest BCUT2D eigenvalue weighted by Gasteiger charge is -2.16. The number of nitrogens with one attached hydrogen (secondary N) is 2. The minimum absolute atomic E-state index is 0.0355. The second kappa shape index (κ2) is 15.0. The maximum atomic E-state index is 13.2. The number of methoxy groups -OCH3 is 2. The lowest BCUT2D eigenvalue weighted by Crippen LogP contribution is -2.28. The van der Waals surface area contributed by atoms with Gasteiger partial charge in [0, 0.05) is 24.4 Å². The van der Waals surface area contributed by atoms with Gasteiger partial charge in [0.1, 0.15) is 17.4 Å². The number of hydrogen-bond donors (Lipinski definition) is 2. The van der Waals surface area contributed by atoms with Crippen molar-refractivity contribution in [3.05, 3.63) is 98.6 Å². The van der Waals surface area contributed by atoms with Gasteiger partial charge in [0.15, 0.2) is 11.5 Å². The van der Waals surface area contributed by atoms with Crippen LogP contribution in [0.4, 0.5) is 11.4 Å². The number of rotatable bonds is 14. The predicted octanol–water partition coefficient (Wildman–Crippen LogP) is 5.45. The maximum absolute atomic E-state index is 13.2. The van der Waals surface area contributed by atoms with Crippen LogP contribution in [0, 0.1) is 21.4 Å². The number of amides is 1. The Morgan fingerprint density at radius 3 is 2.48 bits per heavy atom. The van der Waals surface area contributed by atoms with E-state index in [1.54, 1.807) is 44.6 Å². The summed E-state index contributed by atoms with van der Waals surface area (Å²) in [7, 11) is 3.11. The molecule has 0 radical (unpaired) electrons. The van der Waals surface area contributed by atoms with E-state index >= 15 is 0 Å². The van der Waals surface area contributed by atoms with Crippen molar-refractivity contribution in [1.82, 2.24) is 5.32 Å². The highest BCUT2D eigenvalue weighted by atomic mass is 32.2. The zero-order chi connectivity index (χ0) is 28.9. The van der Waals surface area contributed by atoms with Crippen LogP contribution in [-0.4, -0.2) is 38.2 Å². The Morgan fingerprint density at radius 2 is 1.77 bits per heavy atom. The molecule has 11 heteroatoms. The summed E-state index contributed by atoms with van der Waals surface area (Å²) in [4.78, 5) is 23.9. The molecule has 208 valence electrons. The molecule has 0 bridgehead atoms. The van der Waals surface area contributed by atoms with Crippen molar-refractivity contribution in [1.29, 1.82) is 5.26 Å². The van der Waals surface area contributed by atoms with Crippen LogP contribution < -0.4 is 24.8 Å². The van der Waals surface area contributed by atoms with E-state index in [1.165, 1.54) is 23.9 Å². The maximum Gasteiger partial charge on any atom is 0.269 e. The molecule has 10 nitrogen and oxygen atoms in total. The number of nitriles is 1. The number of para-hydroxylation sites is 2. The first-order chi connectivity index (χ1) is 19.4. The van der Waals surface area contributed by atoms with Crippen LogP contribution in [0.15, 0.2) is 77.3 Å². The van der Waals surface area contributed by atoms with Crippen LogP contribution >= 0.6 is 11.8 Å². The van der Waals surface area contributed by atoms with Gasteiger partial charge in [0.25, 0.3) is 11.6 Å². The van der Waals surface area contributed by atoms with E-state index in [4.69, 9.17) is 14.2 Å². The average Bonchev–Trinajstić information content (AvgIpc) is 2.97. The molecule has 0 aliphatic carbocycles. The van der Waals surface area contributed by atoms with Crippen LogP contribution in [0.1, 0.15) is 18.1 Å². The zero-order valence-corrected chi connectivity index (χ0v) is 23.2. The second-order valence-electron chi connectivity index (χ2n) is 8.28. The van der Waals surface area contributed by atoms with Gasteiger partial charge in [-0.25, -0.2) is 0 Å². The van der Waals surface area contributed by atoms with Gasteiger partial charge in [0.05, 0.1) is 36.5 Å². The number of anilines is 1. The van der Waals surface area contributed by atoms with Crippen LogP contribution in [0.5, 0.6) is 17.2 Å². The first-order valence-corrected chi connectivity index (χ1v) is 13.4. The molecule has 0 heterocycles. The SMILES string of the molecule is CCOc1ccccc1N/C(SCc1cccc([N+](=O)[O-])c1)=C(/C#N)C(=O)NCCc1ccc(OC)c(OC)c1. The largest absolute Gasteiger partial charge is 0.493 e. The van der Waals surface area contributed by atoms with Gasteiger partial charge in [0.2, 0.25) is 0 Å². The fraction of sp³-hybridized carbons (Fsp3) is 0.241. The van der Waals surface area contributed by atoms with Gasteiger partial charge in [-0.15, -0.1) is 11.8 Å². The molecule has 1 amide bonds. The number of thioether (sulfide) groups is 1. The molecular weight excluding hydrogens is 532 g/mol. The number of nitro groups is 1. The summed E-state index contributed by atoms with van der Waals surface area (Å²) in [5.41, 5.74) is 2.02. The summed E-state index contributed by atoms with van der Waals surface area (Å²) in [6.07, 6.45) is 0.502. The van der Waals surface area contributed by atoms with Crippen LogP contribution in [-0.2, 0) is 17.0 Å². The molecule has 0 fully saturated rings. The molecule has 0 saturated heterocycles. The highest BCUT2D eigenvalue weighted by Crippen LogP contribution is 2.32. The number of benzene rings is 3. The third-order valence-corrected chi connectivity index (χ3v) is 6.73. The number of carbonyl (C=O) groups excluding carboxylic acids is 1. The molecule has 3 rings (SSSR count). The number of nitrogens with zero attached hydrogens (tertiary/aromatic N) is 2. The lowest BCUT2D eigenvalue weighted by atomic mass is 10.1. The first kappa shape index (κ1) is 29.9. The molecule has 0 aliphatic rings. The van der Waals surface area contributed by atoms with E-state index in [0.717, 1.165) is 5.56 Å². The molecule has 0 aromatic heterocycles. The number of non-ortho nitro benzene ring substituents is 1. The fourth-order valence-electron chi connectivity index (χ4n) is 3.71. The number of ether oxygens (including phenoxy) is 3. The van der Waals surface area contributed by atoms with Crippen LogP contribution in [0.25, 0.3) is 0 Å². The van der Waals surface area contributed by atoms with Gasteiger partial charge in [-0.3, -0.25) is 14.9 Å². The Balaban J connectivity index is 1.83. The van der Waals surface area contributed by atoms with Crippen molar-refractivity contribution in [2.24, 2.45) is 0 Å². The number of nitro benzene ring substituents is 1. The van der Waals surface area contributed by atoms with Crippen LogP contribution in [0.3, 0.4) is 0 Å². The summed E-state index contributed by atoms with van der Waals surface area (Å²) < 4.78 is 16.3. The molecule has 3 aromatic rings. The third-order valence-electron chi connectivity index (χ3n) is 5.65. The summed E-state index contributed by atoms with van der Waals surface area (Å²) in [6.45, 7) is 2.56. The topological polar surface area (TPSA) is 136 Å². The van der Waals surface area contributed by atoms with Gasteiger partial charge >= 0.3 is 0 Å². The first-order valence-electron chi connectivity index (χ1n) is 12.4. The quantitative estimate of drug-likeness (QED) is 0.114. The van der Waals surface area contributed by atoms with Crippen molar-refractivity contribution < 1.29 is 23.9 Å². The summed E-state index contributed by atoms with van der Waals surface area (Å²) in [5.74, 6) is 1.48. The predicted molar refractivity (Wildman–Crippen MR) is 155 cm³/mol. The molecule has 0 aliphatic heterocycles. The summed E-state index contributed by atoms with van der Waals surface area (Å²) in [6, 6.07) is 20.9. The Bertz CT molecular complexity index is 1420. The Hall–Kier alpha value is -4.69. The standard InChI is InChI=1S/C29H30N4O6S/c1-4-39-25-11-6-5-10-24(25)32-29(40-19-21-8-7-9-22(16-21)33(35)36)23(18-30)28(34)31-15-14-20-12-13-26(37-2)27(17-20)38-3/h5-13,16-17,32H,4,14-15,19H2,1-3H3,(H,31,34)/b29-23+. The Kier molecular flexibility index (Phi) is 11.2. The minimum Gasteiger partial charge on any atom is -0.493 e. The van der Waals surface area contributed by atoms with E-state index in [2.05, 4.69) is 10.6 Å². The lowest BCUT2D eigenvalue weighted by molar-refractivity contribution is -0.384. The van der Waals surface area contributed by atoms with E-state index in [9.17, 15) is 20.2 Å². The van der Waals surface area contributed by atoms with Crippen molar-refractivity contribution in [3.63, 3.8) is 0 Å². The smallest absolute Gasteiger partial charge is 0.269 e. The Labute approximate surface area is 237 Å². The highest BCUT2D eigenvalue weighted by molar-refractivity contribution is 8.02. The number of carbonyl (C=O) groups is 1. The highest BCUT2D eigenvalue weighted by Gasteiger charge is 2.19. The fourth-order valence-corrected chi connectivity index (χ4v) is 4.66. The average molecular weight is 563 g/mol. The molecule has 0 spiro atoms. The van der Waals surface area contributed by atoms with Crippen molar-refractivity contribution >= 4 is 29.0 Å². The van der Waals surface area contributed by atoms with E-state index in [0.29, 0.717) is 46.6 Å². The molecule has 0 atom stereocenters. The van der Waals surface area contributed by atoms with Crippen molar-refractivity contribution in [3.8, 4) is 23.3 Å². The molecule has 0 unspecified atom stereocenters. The Morgan fingerprint density at radius 1 is 1.00 bits per heavy atom. The van der Waals surface area contributed by atoms with E-state index < -0.39 is 10.8 Å². The minimum atomic E-state index is -0.550. The molecular formula is C29H30N4O6S. The van der Waals surface area contributed by atoms with Gasteiger partial charge in [-0.05, 0) is 48.7 Å². The van der Waals surface area contributed by atoms with E-state index in [1.807, 2.05) is 37.3 Å². The van der Waals surface area contributed by atoms with Crippen molar-refractivity contribution in [2.75, 3.05) is 32.7 Å². The molecule has 3 aromatic carbocycles. The molecule has 40 heavy (non-hydrogen) atoms. The second-order valence-corrected chi connectivity index (χ2v) is 9.27. The van der Waals surface area contributed by atoms with Gasteiger partial charge < -0.3 is 24.8 Å². The molecule has 2 N–H and O–H groups in total. The van der Waals surface area contributed by atoms with Crippen molar-refractivity contribution in [2.45, 2.75) is 19.1 Å². The summed E-state index contributed by atoms with van der Waals surface area (Å²) in [5, 5.41) is 27.5. The zero-order valence-electron chi connectivity index (χ0n) is 22.4. The van der Waals surface area contributed by atoms with Gasteiger partial charge in [-0.2, -0.15) is 5.26 Å². The van der Waals surface area contributed by atoms with Gasteiger partial charge in [-0.1, -0.05) is 30.3 Å². The molecule has 0 saturated carbocycles. The van der Waals surface area contributed by atoms with E-state index in [-0.39, 0.29) is 23.6 Å².